The summed E-state index contributed by atoms with van der Waals surface area (Å²) in [5.41, 5.74) is 0.403. The second-order valence-corrected chi connectivity index (χ2v) is 6.15. The number of hydrogen-bond donors (Lipinski definition) is 1. The minimum Gasteiger partial charge on any atom is -0.481 e. The number of methoxy groups -OCH3 is 1. The zero-order valence-corrected chi connectivity index (χ0v) is 16.2. The Morgan fingerprint density at radius 2 is 2.00 bits per heavy atom. The van der Waals surface area contributed by atoms with Crippen molar-refractivity contribution in [2.24, 2.45) is 0 Å². The summed E-state index contributed by atoms with van der Waals surface area (Å²) in [6.45, 7) is 1.11. The molecule has 0 spiro atoms. The minimum absolute atomic E-state index is 0.0389. The van der Waals surface area contributed by atoms with Gasteiger partial charge in [-0.2, -0.15) is 0 Å². The van der Waals surface area contributed by atoms with E-state index in [1.807, 2.05) is 0 Å². The van der Waals surface area contributed by atoms with E-state index < -0.39 is 30.4 Å². The fraction of sp³-hybridized carbons (Fsp3) is 0.294. The fourth-order valence-electron chi connectivity index (χ4n) is 2.17. The highest BCUT2D eigenvalue weighted by molar-refractivity contribution is 9.10. The van der Waals surface area contributed by atoms with Crippen molar-refractivity contribution < 1.29 is 33.4 Å². The zero-order valence-electron chi connectivity index (χ0n) is 14.6. The first-order chi connectivity index (χ1) is 12.8. The van der Waals surface area contributed by atoms with E-state index in [1.165, 1.54) is 6.08 Å². The summed E-state index contributed by atoms with van der Waals surface area (Å²) in [5.74, 6) is -1.62. The normalized spacial score (nSPS) is 14.9. The van der Waals surface area contributed by atoms with E-state index in [0.717, 1.165) is 12.0 Å². The molecule has 0 atom stereocenters. The number of esters is 2. The predicted octanol–water partition coefficient (Wildman–Crippen LogP) is 1.46. The van der Waals surface area contributed by atoms with E-state index in [2.05, 4.69) is 26.0 Å². The Morgan fingerprint density at radius 1 is 1.26 bits per heavy atom. The fourth-order valence-corrected chi connectivity index (χ4v) is 2.55. The monoisotopic (exact) mass is 440 g/mol. The van der Waals surface area contributed by atoms with Crippen LogP contribution in [0.25, 0.3) is 6.08 Å². The van der Waals surface area contributed by atoms with Crippen LogP contribution in [0.3, 0.4) is 0 Å². The number of nitrogens with zero attached hydrogens (tertiary/aromatic N) is 1. The van der Waals surface area contributed by atoms with Gasteiger partial charge >= 0.3 is 18.0 Å². The summed E-state index contributed by atoms with van der Waals surface area (Å²) in [4.78, 5) is 47.8. The molecule has 1 fully saturated rings. The second kappa shape index (κ2) is 9.17. The first-order valence-corrected chi connectivity index (χ1v) is 8.64. The Bertz CT molecular complexity index is 806. The van der Waals surface area contributed by atoms with Crippen LogP contribution in [0.4, 0.5) is 4.79 Å². The molecule has 10 heteroatoms. The molecule has 9 nitrogen and oxygen atoms in total. The molecule has 1 heterocycles. The number of ether oxygens (including phenoxy) is 3. The van der Waals surface area contributed by atoms with Gasteiger partial charge in [0.25, 0.3) is 5.91 Å². The summed E-state index contributed by atoms with van der Waals surface area (Å²) in [6, 6.07) is 4.21. The number of urea groups is 1. The van der Waals surface area contributed by atoms with Gasteiger partial charge in [0.2, 0.25) is 0 Å². The lowest BCUT2D eigenvalue weighted by molar-refractivity contribution is -0.145. The van der Waals surface area contributed by atoms with E-state index in [9.17, 15) is 19.2 Å². The van der Waals surface area contributed by atoms with E-state index >= 15 is 0 Å². The van der Waals surface area contributed by atoms with Gasteiger partial charge in [-0.05, 0) is 31.2 Å². The molecule has 27 heavy (non-hydrogen) atoms. The Balaban J connectivity index is 2.23. The van der Waals surface area contributed by atoms with Crippen molar-refractivity contribution in [1.82, 2.24) is 10.2 Å². The summed E-state index contributed by atoms with van der Waals surface area (Å²) < 4.78 is 15.4. The van der Waals surface area contributed by atoms with Gasteiger partial charge in [0, 0.05) is 10.0 Å². The van der Waals surface area contributed by atoms with E-state index in [4.69, 9.17) is 9.47 Å². The van der Waals surface area contributed by atoms with E-state index in [1.54, 1.807) is 25.1 Å². The van der Waals surface area contributed by atoms with E-state index in [0.29, 0.717) is 15.8 Å². The van der Waals surface area contributed by atoms with Gasteiger partial charge in [0.1, 0.15) is 18.0 Å². The van der Waals surface area contributed by atoms with Crippen LogP contribution >= 0.6 is 15.9 Å². The molecule has 2 rings (SSSR count). The molecule has 0 radical (unpaired) electrons. The van der Waals surface area contributed by atoms with Crippen LogP contribution in [0.5, 0.6) is 5.75 Å². The summed E-state index contributed by atoms with van der Waals surface area (Å²) >= 11 is 3.31. The molecular weight excluding hydrogens is 424 g/mol. The number of benzene rings is 1. The Kier molecular flexibility index (Phi) is 6.94. The van der Waals surface area contributed by atoms with Gasteiger partial charge in [0.15, 0.2) is 6.61 Å². The Hall–Kier alpha value is -2.88. The van der Waals surface area contributed by atoms with Crippen LogP contribution in [-0.4, -0.2) is 55.6 Å². The Morgan fingerprint density at radius 3 is 2.67 bits per heavy atom. The molecule has 0 unspecified atom stereocenters. The zero-order chi connectivity index (χ0) is 20.0. The van der Waals surface area contributed by atoms with Crippen molar-refractivity contribution in [1.29, 1.82) is 0 Å². The average Bonchev–Trinajstić information content (AvgIpc) is 2.88. The molecule has 1 saturated heterocycles. The third-order valence-corrected chi connectivity index (χ3v) is 3.89. The predicted molar refractivity (Wildman–Crippen MR) is 96.5 cm³/mol. The molecule has 1 aromatic carbocycles. The van der Waals surface area contributed by atoms with Gasteiger partial charge in [-0.15, -0.1) is 0 Å². The van der Waals surface area contributed by atoms with Crippen LogP contribution in [-0.2, 0) is 23.9 Å². The number of rotatable bonds is 7. The largest absolute Gasteiger partial charge is 0.481 e. The summed E-state index contributed by atoms with van der Waals surface area (Å²) in [5, 5.41) is 2.39. The molecule has 0 bridgehead atoms. The molecule has 3 amide bonds. The Labute approximate surface area is 163 Å². The maximum atomic E-state index is 12.4. The minimum atomic E-state index is -0.736. The molecule has 1 aliphatic heterocycles. The van der Waals surface area contributed by atoms with Crippen LogP contribution < -0.4 is 10.1 Å². The lowest BCUT2D eigenvalue weighted by Crippen LogP contribution is -2.36. The van der Waals surface area contributed by atoms with Crippen molar-refractivity contribution in [2.45, 2.75) is 6.92 Å². The third-order valence-electron chi connectivity index (χ3n) is 3.40. The van der Waals surface area contributed by atoms with Gasteiger partial charge in [-0.3, -0.25) is 9.59 Å². The highest BCUT2D eigenvalue weighted by Gasteiger charge is 2.35. The van der Waals surface area contributed by atoms with Crippen molar-refractivity contribution in [3.8, 4) is 5.75 Å². The summed E-state index contributed by atoms with van der Waals surface area (Å²) in [6.07, 6.45) is 1.39. The molecule has 144 valence electrons. The first kappa shape index (κ1) is 20.4. The number of halogens is 1. The van der Waals surface area contributed by atoms with Crippen LogP contribution in [0.2, 0.25) is 0 Å². The highest BCUT2D eigenvalue weighted by Crippen LogP contribution is 2.26. The average molecular weight is 441 g/mol. The first-order valence-electron chi connectivity index (χ1n) is 7.85. The smallest absolute Gasteiger partial charge is 0.344 e. The second-order valence-electron chi connectivity index (χ2n) is 5.23. The van der Waals surface area contributed by atoms with Gasteiger partial charge in [-0.25, -0.2) is 14.5 Å². The van der Waals surface area contributed by atoms with Gasteiger partial charge in [-0.1, -0.05) is 15.9 Å². The quantitative estimate of drug-likeness (QED) is 0.388. The number of hydrogen-bond acceptors (Lipinski definition) is 7. The van der Waals surface area contributed by atoms with Crippen molar-refractivity contribution in [3.05, 3.63) is 33.9 Å². The highest BCUT2D eigenvalue weighted by atomic mass is 79.9. The van der Waals surface area contributed by atoms with E-state index in [-0.39, 0.29) is 18.9 Å². The molecule has 0 saturated carbocycles. The number of imide groups is 1. The summed E-state index contributed by atoms with van der Waals surface area (Å²) in [7, 11) is 1.16. The molecule has 1 aromatic rings. The standard InChI is InChI=1S/C17H17BrN2O7/c1-3-26-15(22)9-27-13-5-4-11(18)6-10(13)7-12-16(23)20(17(24)19-12)8-14(21)25-2/h4-7H,3,8-9H2,1-2H3,(H,19,24)/b12-7+. The number of carbonyl (C=O) groups is 4. The molecular formula is C17H17BrN2O7. The van der Waals surface area contributed by atoms with Gasteiger partial charge < -0.3 is 19.5 Å². The maximum absolute atomic E-state index is 12.4. The maximum Gasteiger partial charge on any atom is 0.344 e. The number of nitrogens with one attached hydrogen (secondary N) is 1. The molecule has 1 N–H and O–H groups in total. The van der Waals surface area contributed by atoms with Gasteiger partial charge in [0.05, 0.1) is 13.7 Å². The van der Waals surface area contributed by atoms with Crippen LogP contribution in [0, 0.1) is 0 Å². The third kappa shape index (κ3) is 5.30. The lowest BCUT2D eigenvalue weighted by Gasteiger charge is -2.10. The van der Waals surface area contributed by atoms with Crippen molar-refractivity contribution in [2.75, 3.05) is 26.9 Å². The molecule has 0 aromatic heterocycles. The molecule has 0 aliphatic carbocycles. The van der Waals surface area contributed by atoms with Crippen LogP contribution in [0.15, 0.2) is 28.4 Å². The van der Waals surface area contributed by atoms with Crippen LogP contribution in [0.1, 0.15) is 12.5 Å². The number of carbonyl (C=O) groups excluding carboxylic acids is 4. The lowest BCUT2D eigenvalue weighted by atomic mass is 10.1. The topological polar surface area (TPSA) is 111 Å². The SMILES string of the molecule is CCOC(=O)COc1ccc(Br)cc1/C=C1/NC(=O)N(CC(=O)OC)C1=O. The number of amides is 3. The van der Waals surface area contributed by atoms with Crippen molar-refractivity contribution >= 4 is 45.9 Å². The van der Waals surface area contributed by atoms with Crippen molar-refractivity contribution in [3.63, 3.8) is 0 Å². The molecule has 1 aliphatic rings.